The normalized spacial score (nSPS) is 15.7. The van der Waals surface area contributed by atoms with E-state index in [2.05, 4.69) is 10.4 Å². The number of nitrogens with two attached hydrogens (primary N) is 1. The van der Waals surface area contributed by atoms with Crippen molar-refractivity contribution in [3.63, 3.8) is 0 Å². The average molecular weight is 280 g/mol. The highest BCUT2D eigenvalue weighted by Crippen LogP contribution is 2.27. The number of nitrogens with one attached hydrogen (secondary N) is 1. The monoisotopic (exact) mass is 280 g/mol. The molecule has 1 aromatic heterocycles. The summed E-state index contributed by atoms with van der Waals surface area (Å²) in [5.74, 6) is 0.773. The van der Waals surface area contributed by atoms with Crippen LogP contribution in [-0.4, -0.2) is 34.9 Å². The highest BCUT2D eigenvalue weighted by atomic mass is 16.5. The van der Waals surface area contributed by atoms with Crippen LogP contribution in [0.4, 0.5) is 0 Å². The maximum Gasteiger partial charge on any atom is 0.270 e. The Bertz CT molecular complexity index is 523. The third-order valence-electron chi connectivity index (χ3n) is 2.94. The molecule has 0 bridgehead atoms. The first-order chi connectivity index (χ1) is 9.54. The number of carbonyl (C=O) groups is 1. The molecular formula is C13H20N4O3. The molecule has 0 aromatic carbocycles. The zero-order chi connectivity index (χ0) is 14.5. The summed E-state index contributed by atoms with van der Waals surface area (Å²) in [4.78, 5) is 23.4. The first-order valence-corrected chi connectivity index (χ1v) is 6.77. The van der Waals surface area contributed by atoms with Crippen LogP contribution < -0.4 is 21.3 Å². The summed E-state index contributed by atoms with van der Waals surface area (Å²) in [5, 5.41) is 6.70. The Balaban J connectivity index is 1.87. The Morgan fingerprint density at radius 1 is 1.65 bits per heavy atom. The first kappa shape index (κ1) is 14.5. The molecule has 2 rings (SSSR count). The summed E-state index contributed by atoms with van der Waals surface area (Å²) in [5.41, 5.74) is 5.19. The van der Waals surface area contributed by atoms with Crippen molar-refractivity contribution in [3.8, 4) is 5.75 Å². The number of aromatic nitrogens is 2. The average Bonchev–Trinajstić information content (AvgIpc) is 3.21. The van der Waals surface area contributed by atoms with Gasteiger partial charge in [-0.3, -0.25) is 9.59 Å². The van der Waals surface area contributed by atoms with Crippen molar-refractivity contribution in [2.75, 3.05) is 13.2 Å². The third-order valence-corrected chi connectivity index (χ3v) is 2.94. The summed E-state index contributed by atoms with van der Waals surface area (Å²) >= 11 is 0. The molecule has 1 unspecified atom stereocenters. The third kappa shape index (κ3) is 4.65. The van der Waals surface area contributed by atoms with E-state index in [1.165, 1.54) is 25.1 Å². The second kappa shape index (κ2) is 6.51. The molecule has 0 radical (unpaired) electrons. The molecule has 1 atom stereocenters. The number of rotatable bonds is 7. The van der Waals surface area contributed by atoms with Crippen LogP contribution in [-0.2, 0) is 11.3 Å². The zero-order valence-electron chi connectivity index (χ0n) is 11.5. The maximum absolute atomic E-state index is 11.8. The van der Waals surface area contributed by atoms with E-state index in [0.29, 0.717) is 24.8 Å². The van der Waals surface area contributed by atoms with Gasteiger partial charge in [-0.05, 0) is 25.7 Å². The molecule has 20 heavy (non-hydrogen) atoms. The SMILES string of the molecule is CC(N)COc1cnn(CC(=O)NCC2CC2)c(=O)c1. The van der Waals surface area contributed by atoms with Crippen LogP contribution in [0.2, 0.25) is 0 Å². The summed E-state index contributed by atoms with van der Waals surface area (Å²) in [6, 6.07) is 1.19. The Morgan fingerprint density at radius 3 is 3.00 bits per heavy atom. The lowest BCUT2D eigenvalue weighted by molar-refractivity contribution is -0.122. The summed E-state index contributed by atoms with van der Waals surface area (Å²) in [6.07, 6.45) is 3.76. The molecule has 1 aliphatic rings. The molecule has 1 amide bonds. The van der Waals surface area contributed by atoms with Crippen LogP contribution in [0.5, 0.6) is 5.75 Å². The minimum atomic E-state index is -0.367. The van der Waals surface area contributed by atoms with Gasteiger partial charge in [0.15, 0.2) is 0 Å². The Labute approximate surface area is 117 Å². The Morgan fingerprint density at radius 2 is 2.40 bits per heavy atom. The number of ether oxygens (including phenoxy) is 1. The van der Waals surface area contributed by atoms with Crippen molar-refractivity contribution >= 4 is 5.91 Å². The van der Waals surface area contributed by atoms with E-state index < -0.39 is 0 Å². The number of nitrogens with zero attached hydrogens (tertiary/aromatic N) is 2. The predicted molar refractivity (Wildman–Crippen MR) is 73.4 cm³/mol. The fourth-order valence-corrected chi connectivity index (χ4v) is 1.61. The predicted octanol–water partition coefficient (Wildman–Crippen LogP) is -0.504. The molecule has 3 N–H and O–H groups in total. The summed E-state index contributed by atoms with van der Waals surface area (Å²) < 4.78 is 6.41. The van der Waals surface area contributed by atoms with Gasteiger partial charge in [0.25, 0.3) is 5.56 Å². The van der Waals surface area contributed by atoms with Crippen LogP contribution in [0.1, 0.15) is 19.8 Å². The van der Waals surface area contributed by atoms with Gasteiger partial charge < -0.3 is 15.8 Å². The lowest BCUT2D eigenvalue weighted by Crippen LogP contribution is -2.34. The van der Waals surface area contributed by atoms with E-state index in [4.69, 9.17) is 10.5 Å². The van der Waals surface area contributed by atoms with E-state index >= 15 is 0 Å². The molecule has 1 saturated carbocycles. The lowest BCUT2D eigenvalue weighted by atomic mass is 10.4. The largest absolute Gasteiger partial charge is 0.490 e. The summed E-state index contributed by atoms with van der Waals surface area (Å²) in [6.45, 7) is 2.73. The number of amides is 1. The van der Waals surface area contributed by atoms with E-state index in [9.17, 15) is 9.59 Å². The lowest BCUT2D eigenvalue weighted by Gasteiger charge is -2.09. The minimum Gasteiger partial charge on any atom is -0.490 e. The fraction of sp³-hybridized carbons (Fsp3) is 0.615. The molecule has 7 heteroatoms. The molecule has 1 aliphatic carbocycles. The van der Waals surface area contributed by atoms with E-state index in [-0.39, 0.29) is 24.1 Å². The van der Waals surface area contributed by atoms with Crippen LogP contribution in [0.15, 0.2) is 17.1 Å². The fourth-order valence-electron chi connectivity index (χ4n) is 1.61. The first-order valence-electron chi connectivity index (χ1n) is 6.77. The topological polar surface area (TPSA) is 99.2 Å². The number of carbonyl (C=O) groups excluding carboxylic acids is 1. The van der Waals surface area contributed by atoms with Gasteiger partial charge in [-0.1, -0.05) is 0 Å². The highest BCUT2D eigenvalue weighted by molar-refractivity contribution is 5.75. The van der Waals surface area contributed by atoms with Crippen LogP contribution in [0.25, 0.3) is 0 Å². The van der Waals surface area contributed by atoms with E-state index in [1.54, 1.807) is 6.92 Å². The molecule has 7 nitrogen and oxygen atoms in total. The Kier molecular flexibility index (Phi) is 4.73. The van der Waals surface area contributed by atoms with Crippen LogP contribution in [0.3, 0.4) is 0 Å². The quantitative estimate of drug-likeness (QED) is 0.701. The minimum absolute atomic E-state index is 0.0703. The Hall–Kier alpha value is -1.89. The molecule has 0 aliphatic heterocycles. The van der Waals surface area contributed by atoms with Crippen molar-refractivity contribution in [2.24, 2.45) is 11.7 Å². The number of hydrogen-bond acceptors (Lipinski definition) is 5. The molecular weight excluding hydrogens is 260 g/mol. The van der Waals surface area contributed by atoms with Crippen LogP contribution >= 0.6 is 0 Å². The van der Waals surface area contributed by atoms with E-state index in [0.717, 1.165) is 4.68 Å². The van der Waals surface area contributed by atoms with Gasteiger partial charge in [-0.2, -0.15) is 5.10 Å². The van der Waals surface area contributed by atoms with Crippen LogP contribution in [0, 0.1) is 5.92 Å². The van der Waals surface area contributed by atoms with Gasteiger partial charge in [0.1, 0.15) is 18.9 Å². The van der Waals surface area contributed by atoms with Crippen molar-refractivity contribution in [2.45, 2.75) is 32.4 Å². The van der Waals surface area contributed by atoms with Crippen molar-refractivity contribution in [3.05, 3.63) is 22.6 Å². The van der Waals surface area contributed by atoms with E-state index in [1.807, 2.05) is 0 Å². The summed E-state index contributed by atoms with van der Waals surface area (Å²) in [7, 11) is 0. The smallest absolute Gasteiger partial charge is 0.270 e. The van der Waals surface area contributed by atoms with Gasteiger partial charge >= 0.3 is 0 Å². The molecule has 0 saturated heterocycles. The highest BCUT2D eigenvalue weighted by Gasteiger charge is 2.21. The van der Waals surface area contributed by atoms with Crippen molar-refractivity contribution in [1.29, 1.82) is 0 Å². The molecule has 1 aromatic rings. The van der Waals surface area contributed by atoms with Crippen molar-refractivity contribution in [1.82, 2.24) is 15.1 Å². The van der Waals surface area contributed by atoms with Gasteiger partial charge in [-0.15, -0.1) is 0 Å². The van der Waals surface area contributed by atoms with Gasteiger partial charge in [0, 0.05) is 18.7 Å². The van der Waals surface area contributed by atoms with Gasteiger partial charge in [0.05, 0.1) is 6.20 Å². The zero-order valence-corrected chi connectivity index (χ0v) is 11.5. The standard InChI is InChI=1S/C13H20N4O3/c1-9(14)8-20-11-4-13(19)17(16-6-11)7-12(18)15-5-10-2-3-10/h4,6,9-10H,2-3,5,7-8,14H2,1H3,(H,15,18). The van der Waals surface area contributed by atoms with Crippen molar-refractivity contribution < 1.29 is 9.53 Å². The maximum atomic E-state index is 11.8. The number of hydrogen-bond donors (Lipinski definition) is 2. The van der Waals surface area contributed by atoms with Gasteiger partial charge in [-0.25, -0.2) is 4.68 Å². The molecule has 110 valence electrons. The molecule has 1 heterocycles. The van der Waals surface area contributed by atoms with Gasteiger partial charge in [0.2, 0.25) is 5.91 Å². The second-order valence-corrected chi connectivity index (χ2v) is 5.22. The second-order valence-electron chi connectivity index (χ2n) is 5.22. The molecule has 0 spiro atoms. The molecule has 1 fully saturated rings.